The summed E-state index contributed by atoms with van der Waals surface area (Å²) < 4.78 is 0. The second-order valence-corrected chi connectivity index (χ2v) is 4.47. The predicted octanol–water partition coefficient (Wildman–Crippen LogP) is 1.80. The van der Waals surface area contributed by atoms with Gasteiger partial charge >= 0.3 is 0 Å². The van der Waals surface area contributed by atoms with Gasteiger partial charge in [-0.05, 0) is 52.6 Å². The summed E-state index contributed by atoms with van der Waals surface area (Å²) in [7, 11) is 2.21. The predicted molar refractivity (Wildman–Crippen MR) is 72.6 cm³/mol. The molecule has 3 nitrogen and oxygen atoms in total. The second kappa shape index (κ2) is 10.4. The van der Waals surface area contributed by atoms with Crippen molar-refractivity contribution in [3.05, 3.63) is 0 Å². The molecular formula is C12H33N3. The molecular weight excluding hydrogens is 186 g/mol. The van der Waals surface area contributed by atoms with E-state index in [1.807, 2.05) is 0 Å². The van der Waals surface area contributed by atoms with Crippen molar-refractivity contribution in [2.75, 3.05) is 39.8 Å². The highest BCUT2D eigenvalue weighted by Gasteiger charge is 1.98. The van der Waals surface area contributed by atoms with Crippen molar-refractivity contribution >= 4 is 0 Å². The Balaban J connectivity index is -0.000000980. The fourth-order valence-corrected chi connectivity index (χ4v) is 1.50. The molecule has 2 N–H and O–H groups in total. The lowest BCUT2D eigenvalue weighted by molar-refractivity contribution is 0.319. The van der Waals surface area contributed by atoms with Gasteiger partial charge in [-0.2, -0.15) is 0 Å². The molecule has 0 aromatic heterocycles. The van der Waals surface area contributed by atoms with Gasteiger partial charge in [0.05, 0.1) is 0 Å². The Bertz CT molecular complexity index is 135. The maximum absolute atomic E-state index is 3.44. The molecule has 0 bridgehead atoms. The Hall–Kier alpha value is -0.120. The SMILES string of the molecule is CCNCCCN(C)CCCNC(C)C.[HH].[HH]. The van der Waals surface area contributed by atoms with Gasteiger partial charge < -0.3 is 15.5 Å². The third-order valence-electron chi connectivity index (χ3n) is 2.41. The number of hydrogen-bond acceptors (Lipinski definition) is 3. The van der Waals surface area contributed by atoms with Crippen molar-refractivity contribution in [2.45, 2.75) is 39.7 Å². The van der Waals surface area contributed by atoms with E-state index in [1.54, 1.807) is 0 Å². The van der Waals surface area contributed by atoms with E-state index in [9.17, 15) is 0 Å². The number of rotatable bonds is 10. The largest absolute Gasteiger partial charge is 0.317 e. The quantitative estimate of drug-likeness (QED) is 0.549. The van der Waals surface area contributed by atoms with E-state index >= 15 is 0 Å². The Morgan fingerprint density at radius 3 is 2.27 bits per heavy atom. The van der Waals surface area contributed by atoms with Crippen molar-refractivity contribution in [1.29, 1.82) is 0 Å². The van der Waals surface area contributed by atoms with Gasteiger partial charge in [0.15, 0.2) is 0 Å². The highest BCUT2D eigenvalue weighted by atomic mass is 15.1. The monoisotopic (exact) mass is 219 g/mol. The molecule has 0 saturated carbocycles. The minimum absolute atomic E-state index is 0. The van der Waals surface area contributed by atoms with Crippen LogP contribution in [0.3, 0.4) is 0 Å². The van der Waals surface area contributed by atoms with Crippen LogP contribution in [-0.4, -0.2) is 50.7 Å². The third kappa shape index (κ3) is 11.8. The average molecular weight is 219 g/mol. The topological polar surface area (TPSA) is 27.3 Å². The van der Waals surface area contributed by atoms with E-state index in [4.69, 9.17) is 0 Å². The number of nitrogens with zero attached hydrogens (tertiary/aromatic N) is 1. The van der Waals surface area contributed by atoms with Crippen LogP contribution in [0.5, 0.6) is 0 Å². The van der Waals surface area contributed by atoms with Crippen molar-refractivity contribution < 1.29 is 2.85 Å². The minimum atomic E-state index is 0. The molecule has 96 valence electrons. The zero-order valence-corrected chi connectivity index (χ0v) is 11.0. The second-order valence-electron chi connectivity index (χ2n) is 4.47. The van der Waals surface area contributed by atoms with Gasteiger partial charge in [-0.15, -0.1) is 0 Å². The van der Waals surface area contributed by atoms with Crippen LogP contribution in [0.2, 0.25) is 0 Å². The molecule has 0 aromatic rings. The molecule has 0 rings (SSSR count). The average Bonchev–Trinajstić information content (AvgIpc) is 2.19. The smallest absolute Gasteiger partial charge is 0.00103 e. The van der Waals surface area contributed by atoms with Crippen molar-refractivity contribution in [3.8, 4) is 0 Å². The summed E-state index contributed by atoms with van der Waals surface area (Å²) in [6.45, 7) is 12.3. The molecule has 0 unspecified atom stereocenters. The Labute approximate surface area is 98.6 Å². The fourth-order valence-electron chi connectivity index (χ4n) is 1.50. The molecule has 0 aliphatic carbocycles. The highest BCUT2D eigenvalue weighted by molar-refractivity contribution is 4.57. The Morgan fingerprint density at radius 1 is 1.13 bits per heavy atom. The third-order valence-corrected chi connectivity index (χ3v) is 2.41. The summed E-state index contributed by atoms with van der Waals surface area (Å²) in [5, 5.41) is 6.79. The molecule has 0 aliphatic heterocycles. The molecule has 0 aliphatic rings. The summed E-state index contributed by atoms with van der Waals surface area (Å²) in [4.78, 5) is 2.42. The summed E-state index contributed by atoms with van der Waals surface area (Å²) in [6.07, 6.45) is 2.50. The van der Waals surface area contributed by atoms with E-state index in [2.05, 4.69) is 43.4 Å². The van der Waals surface area contributed by atoms with Crippen LogP contribution in [0.4, 0.5) is 0 Å². The standard InChI is InChI=1S/C12H29N3.2H2/c1-5-13-8-6-10-15(4)11-7-9-14-12(2)3;;/h12-14H,5-11H2,1-4H3;2*1H. The summed E-state index contributed by atoms with van der Waals surface area (Å²) in [5.41, 5.74) is 0. The molecule has 0 fully saturated rings. The molecule has 0 spiro atoms. The highest BCUT2D eigenvalue weighted by Crippen LogP contribution is 1.89. The maximum Gasteiger partial charge on any atom is 0.00103 e. The lowest BCUT2D eigenvalue weighted by Gasteiger charge is -2.17. The van der Waals surface area contributed by atoms with Gasteiger partial charge in [0.25, 0.3) is 0 Å². The van der Waals surface area contributed by atoms with E-state index in [0.717, 1.165) is 19.6 Å². The Kier molecular flexibility index (Phi) is 10.3. The number of nitrogens with one attached hydrogen (secondary N) is 2. The zero-order chi connectivity index (χ0) is 11.5. The van der Waals surface area contributed by atoms with Crippen LogP contribution in [0.15, 0.2) is 0 Å². The zero-order valence-electron chi connectivity index (χ0n) is 11.0. The molecule has 0 heterocycles. The lowest BCUT2D eigenvalue weighted by atomic mass is 10.3. The molecule has 0 aromatic carbocycles. The van der Waals surface area contributed by atoms with Gasteiger partial charge in [-0.3, -0.25) is 0 Å². The molecule has 0 radical (unpaired) electrons. The number of hydrogen-bond donors (Lipinski definition) is 2. The van der Waals surface area contributed by atoms with Gasteiger partial charge in [-0.1, -0.05) is 20.8 Å². The van der Waals surface area contributed by atoms with Crippen LogP contribution < -0.4 is 10.6 Å². The van der Waals surface area contributed by atoms with E-state index in [-0.39, 0.29) is 2.85 Å². The first-order valence-corrected chi connectivity index (χ1v) is 6.29. The lowest BCUT2D eigenvalue weighted by Crippen LogP contribution is -2.29. The first-order chi connectivity index (χ1) is 7.16. The maximum atomic E-state index is 3.44. The fraction of sp³-hybridized carbons (Fsp3) is 1.00. The van der Waals surface area contributed by atoms with Crippen molar-refractivity contribution in [1.82, 2.24) is 15.5 Å². The van der Waals surface area contributed by atoms with E-state index in [0.29, 0.717) is 6.04 Å². The van der Waals surface area contributed by atoms with Gasteiger partial charge in [0, 0.05) is 8.90 Å². The van der Waals surface area contributed by atoms with Crippen LogP contribution >= 0.6 is 0 Å². The summed E-state index contributed by atoms with van der Waals surface area (Å²) >= 11 is 0. The summed E-state index contributed by atoms with van der Waals surface area (Å²) in [5.74, 6) is 0. The summed E-state index contributed by atoms with van der Waals surface area (Å²) in [6, 6.07) is 0.615. The van der Waals surface area contributed by atoms with Crippen LogP contribution in [-0.2, 0) is 0 Å². The van der Waals surface area contributed by atoms with Gasteiger partial charge in [-0.25, -0.2) is 0 Å². The molecule has 15 heavy (non-hydrogen) atoms. The van der Waals surface area contributed by atoms with Crippen LogP contribution in [0, 0.1) is 0 Å². The van der Waals surface area contributed by atoms with Crippen molar-refractivity contribution in [2.24, 2.45) is 0 Å². The van der Waals surface area contributed by atoms with E-state index < -0.39 is 0 Å². The van der Waals surface area contributed by atoms with E-state index in [1.165, 1.54) is 25.9 Å². The normalized spacial score (nSPS) is 11.6. The molecule has 0 saturated heterocycles. The van der Waals surface area contributed by atoms with Gasteiger partial charge in [0.2, 0.25) is 0 Å². The molecule has 0 amide bonds. The van der Waals surface area contributed by atoms with Crippen LogP contribution in [0.1, 0.15) is 36.5 Å². The first kappa shape index (κ1) is 14.9. The van der Waals surface area contributed by atoms with Gasteiger partial charge in [0.1, 0.15) is 0 Å². The molecule has 0 atom stereocenters. The molecule has 3 heteroatoms. The minimum Gasteiger partial charge on any atom is -0.317 e. The van der Waals surface area contributed by atoms with Crippen LogP contribution in [0.25, 0.3) is 0 Å². The Morgan fingerprint density at radius 2 is 1.73 bits per heavy atom. The van der Waals surface area contributed by atoms with Crippen molar-refractivity contribution in [3.63, 3.8) is 0 Å². The first-order valence-electron chi connectivity index (χ1n) is 6.29.